The lowest BCUT2D eigenvalue weighted by atomic mass is 10.0. The Labute approximate surface area is 136 Å². The highest BCUT2D eigenvalue weighted by Crippen LogP contribution is 2.28. The molecule has 0 fully saturated rings. The number of aromatic nitrogens is 1. The highest BCUT2D eigenvalue weighted by atomic mass is 16.1. The molecule has 0 saturated carbocycles. The second-order valence-electron chi connectivity index (χ2n) is 5.50. The molecule has 0 bridgehead atoms. The molecule has 3 aromatic rings. The molecular formula is C20H18N2O. The van der Waals surface area contributed by atoms with Gasteiger partial charge >= 0.3 is 0 Å². The van der Waals surface area contributed by atoms with Crippen LogP contribution in [0.25, 0.3) is 11.1 Å². The number of hydrogen-bond donors (Lipinski definition) is 1. The lowest BCUT2D eigenvalue weighted by molar-refractivity contribution is 0.102. The fourth-order valence-electron chi connectivity index (χ4n) is 2.49. The van der Waals surface area contributed by atoms with Gasteiger partial charge in [0.25, 0.3) is 5.91 Å². The van der Waals surface area contributed by atoms with Crippen molar-refractivity contribution in [3.8, 4) is 11.1 Å². The van der Waals surface area contributed by atoms with E-state index in [9.17, 15) is 4.79 Å². The molecule has 3 heteroatoms. The fourth-order valence-corrected chi connectivity index (χ4v) is 2.49. The van der Waals surface area contributed by atoms with Gasteiger partial charge in [0.2, 0.25) is 0 Å². The SMILES string of the molecule is Cc1ccc(-c2ccccc2NC(=O)c2cccnc2C)cc1. The second-order valence-corrected chi connectivity index (χ2v) is 5.50. The first-order chi connectivity index (χ1) is 11.1. The predicted molar refractivity (Wildman–Crippen MR) is 93.5 cm³/mol. The number of benzene rings is 2. The molecule has 2 aromatic carbocycles. The zero-order valence-corrected chi connectivity index (χ0v) is 13.2. The van der Waals surface area contributed by atoms with E-state index in [1.54, 1.807) is 18.3 Å². The number of para-hydroxylation sites is 1. The zero-order chi connectivity index (χ0) is 16.2. The molecule has 1 amide bonds. The number of carbonyl (C=O) groups excluding carboxylic acids is 1. The quantitative estimate of drug-likeness (QED) is 0.767. The molecule has 3 rings (SSSR count). The van der Waals surface area contributed by atoms with Gasteiger partial charge in [-0.3, -0.25) is 9.78 Å². The number of nitrogens with one attached hydrogen (secondary N) is 1. The molecule has 114 valence electrons. The molecule has 1 heterocycles. The van der Waals surface area contributed by atoms with Crippen molar-refractivity contribution in [2.75, 3.05) is 5.32 Å². The summed E-state index contributed by atoms with van der Waals surface area (Å²) >= 11 is 0. The summed E-state index contributed by atoms with van der Waals surface area (Å²) in [5.74, 6) is -0.143. The lowest BCUT2D eigenvalue weighted by Crippen LogP contribution is -2.14. The van der Waals surface area contributed by atoms with E-state index in [0.29, 0.717) is 5.56 Å². The largest absolute Gasteiger partial charge is 0.321 e. The molecule has 0 saturated heterocycles. The molecule has 0 radical (unpaired) electrons. The summed E-state index contributed by atoms with van der Waals surface area (Å²) in [7, 11) is 0. The third kappa shape index (κ3) is 3.29. The van der Waals surface area contributed by atoms with Crippen molar-refractivity contribution >= 4 is 11.6 Å². The van der Waals surface area contributed by atoms with Crippen LogP contribution in [0.2, 0.25) is 0 Å². The van der Waals surface area contributed by atoms with Gasteiger partial charge in [-0.1, -0.05) is 48.0 Å². The number of pyridine rings is 1. The monoisotopic (exact) mass is 302 g/mol. The van der Waals surface area contributed by atoms with E-state index in [2.05, 4.69) is 41.5 Å². The Hall–Kier alpha value is -2.94. The van der Waals surface area contributed by atoms with E-state index in [4.69, 9.17) is 0 Å². The number of aryl methyl sites for hydroxylation is 2. The summed E-state index contributed by atoms with van der Waals surface area (Å²) in [6.07, 6.45) is 1.69. The van der Waals surface area contributed by atoms with E-state index >= 15 is 0 Å². The number of anilines is 1. The van der Waals surface area contributed by atoms with Crippen LogP contribution in [0.1, 0.15) is 21.6 Å². The highest BCUT2D eigenvalue weighted by molar-refractivity contribution is 6.06. The van der Waals surface area contributed by atoms with Crippen LogP contribution < -0.4 is 5.32 Å². The van der Waals surface area contributed by atoms with E-state index in [-0.39, 0.29) is 5.91 Å². The number of hydrogen-bond acceptors (Lipinski definition) is 2. The number of amides is 1. The topological polar surface area (TPSA) is 42.0 Å². The molecule has 0 aliphatic carbocycles. The first-order valence-electron chi connectivity index (χ1n) is 7.54. The third-order valence-electron chi connectivity index (χ3n) is 3.79. The summed E-state index contributed by atoms with van der Waals surface area (Å²) in [6, 6.07) is 19.6. The average molecular weight is 302 g/mol. The van der Waals surface area contributed by atoms with Crippen LogP contribution in [-0.4, -0.2) is 10.9 Å². The highest BCUT2D eigenvalue weighted by Gasteiger charge is 2.12. The Morgan fingerprint density at radius 3 is 2.39 bits per heavy atom. The van der Waals surface area contributed by atoms with Crippen molar-refractivity contribution in [1.82, 2.24) is 4.98 Å². The molecule has 23 heavy (non-hydrogen) atoms. The maximum absolute atomic E-state index is 12.5. The summed E-state index contributed by atoms with van der Waals surface area (Å²) in [5.41, 5.74) is 5.40. The molecule has 3 nitrogen and oxygen atoms in total. The van der Waals surface area contributed by atoms with Crippen molar-refractivity contribution in [2.24, 2.45) is 0 Å². The molecule has 1 N–H and O–H groups in total. The zero-order valence-electron chi connectivity index (χ0n) is 13.2. The second kappa shape index (κ2) is 6.44. The van der Waals surface area contributed by atoms with E-state index in [1.165, 1.54) is 5.56 Å². The standard InChI is InChI=1S/C20H18N2O/c1-14-9-11-16(12-10-14)18-6-3-4-8-19(18)22-20(23)17-7-5-13-21-15(17)2/h3-13H,1-2H3,(H,22,23). The smallest absolute Gasteiger partial charge is 0.257 e. The van der Waals surface area contributed by atoms with Crippen molar-refractivity contribution in [2.45, 2.75) is 13.8 Å². The minimum atomic E-state index is -0.143. The normalized spacial score (nSPS) is 10.3. The average Bonchev–Trinajstić information content (AvgIpc) is 2.56. The van der Waals surface area contributed by atoms with Crippen molar-refractivity contribution in [1.29, 1.82) is 0 Å². The van der Waals surface area contributed by atoms with Crippen LogP contribution >= 0.6 is 0 Å². The molecule has 0 atom stereocenters. The van der Waals surface area contributed by atoms with Crippen molar-refractivity contribution < 1.29 is 4.79 Å². The molecule has 1 aromatic heterocycles. The van der Waals surface area contributed by atoms with Crippen LogP contribution in [0.15, 0.2) is 66.9 Å². The van der Waals surface area contributed by atoms with E-state index in [1.807, 2.05) is 31.2 Å². The lowest BCUT2D eigenvalue weighted by Gasteiger charge is -2.12. The van der Waals surface area contributed by atoms with Gasteiger partial charge in [0, 0.05) is 23.1 Å². The maximum Gasteiger partial charge on any atom is 0.257 e. The van der Waals surface area contributed by atoms with Crippen molar-refractivity contribution in [3.63, 3.8) is 0 Å². The Kier molecular flexibility index (Phi) is 4.20. The number of carbonyl (C=O) groups is 1. The minimum Gasteiger partial charge on any atom is -0.321 e. The van der Waals surface area contributed by atoms with E-state index in [0.717, 1.165) is 22.5 Å². The molecule has 0 spiro atoms. The molecule has 0 unspecified atom stereocenters. The summed E-state index contributed by atoms with van der Waals surface area (Å²) in [4.78, 5) is 16.7. The molecular weight excluding hydrogens is 284 g/mol. The Bertz CT molecular complexity index is 838. The fraction of sp³-hybridized carbons (Fsp3) is 0.100. The summed E-state index contributed by atoms with van der Waals surface area (Å²) in [5, 5.41) is 3.00. The molecule has 0 aliphatic heterocycles. The van der Waals surface area contributed by atoms with Gasteiger partial charge in [0.05, 0.1) is 5.56 Å². The predicted octanol–water partition coefficient (Wildman–Crippen LogP) is 4.62. The Morgan fingerprint density at radius 1 is 0.913 bits per heavy atom. The van der Waals surface area contributed by atoms with Gasteiger partial charge < -0.3 is 5.32 Å². The maximum atomic E-state index is 12.5. The van der Waals surface area contributed by atoms with Crippen LogP contribution in [0.4, 0.5) is 5.69 Å². The van der Waals surface area contributed by atoms with Gasteiger partial charge in [-0.25, -0.2) is 0 Å². The Morgan fingerprint density at radius 2 is 1.65 bits per heavy atom. The number of rotatable bonds is 3. The number of nitrogens with zero attached hydrogens (tertiary/aromatic N) is 1. The van der Waals surface area contributed by atoms with Gasteiger partial charge in [-0.2, -0.15) is 0 Å². The van der Waals surface area contributed by atoms with Crippen LogP contribution in [0.3, 0.4) is 0 Å². The van der Waals surface area contributed by atoms with Crippen LogP contribution in [-0.2, 0) is 0 Å². The van der Waals surface area contributed by atoms with Gasteiger partial charge in [-0.15, -0.1) is 0 Å². The van der Waals surface area contributed by atoms with E-state index < -0.39 is 0 Å². The first kappa shape index (κ1) is 15.0. The van der Waals surface area contributed by atoms with Crippen LogP contribution in [0.5, 0.6) is 0 Å². The molecule has 0 aliphatic rings. The summed E-state index contributed by atoms with van der Waals surface area (Å²) in [6.45, 7) is 3.89. The van der Waals surface area contributed by atoms with Crippen molar-refractivity contribution in [3.05, 3.63) is 83.7 Å². The van der Waals surface area contributed by atoms with Gasteiger partial charge in [-0.05, 0) is 37.6 Å². The van der Waals surface area contributed by atoms with Gasteiger partial charge in [0.1, 0.15) is 0 Å². The Balaban J connectivity index is 1.94. The first-order valence-corrected chi connectivity index (χ1v) is 7.54. The summed E-state index contributed by atoms with van der Waals surface area (Å²) < 4.78 is 0. The van der Waals surface area contributed by atoms with Gasteiger partial charge in [0.15, 0.2) is 0 Å². The minimum absolute atomic E-state index is 0.143. The third-order valence-corrected chi connectivity index (χ3v) is 3.79. The van der Waals surface area contributed by atoms with Crippen LogP contribution in [0, 0.1) is 13.8 Å².